The van der Waals surface area contributed by atoms with Gasteiger partial charge in [0.25, 0.3) is 0 Å². The van der Waals surface area contributed by atoms with Gasteiger partial charge in [0.2, 0.25) is 5.91 Å². The maximum Gasteiger partial charge on any atom is 0.228 e. The lowest BCUT2D eigenvalue weighted by molar-refractivity contribution is -0.117. The number of hydrogen-bond acceptors (Lipinski definition) is 2. The predicted octanol–water partition coefficient (Wildman–Crippen LogP) is 4.09. The second-order valence-corrected chi connectivity index (χ2v) is 5.67. The van der Waals surface area contributed by atoms with Crippen LogP contribution in [-0.2, 0) is 4.79 Å². The van der Waals surface area contributed by atoms with Crippen molar-refractivity contribution in [2.45, 2.75) is 12.3 Å². The molecule has 22 heavy (non-hydrogen) atoms. The van der Waals surface area contributed by atoms with Gasteiger partial charge in [-0.3, -0.25) is 4.79 Å². The van der Waals surface area contributed by atoms with Gasteiger partial charge in [-0.15, -0.1) is 0 Å². The fourth-order valence-electron chi connectivity index (χ4n) is 2.52. The molecule has 0 aliphatic heterocycles. The molecule has 0 spiro atoms. The molecule has 1 saturated carbocycles. The number of hydrogen-bond donors (Lipinski definition) is 1. The minimum Gasteiger partial charge on any atom is -0.326 e. The Kier molecular flexibility index (Phi) is 3.82. The minimum absolute atomic E-state index is 0.0740. The Balaban J connectivity index is 1.68. The van der Waals surface area contributed by atoms with E-state index in [1.807, 2.05) is 6.07 Å². The summed E-state index contributed by atoms with van der Waals surface area (Å²) in [5.41, 5.74) is 1.48. The molecule has 0 bridgehead atoms. The average molecular weight is 315 g/mol. The third-order valence-corrected chi connectivity index (χ3v) is 4.10. The third kappa shape index (κ3) is 2.81. The van der Waals surface area contributed by atoms with Crippen molar-refractivity contribution in [2.24, 2.45) is 5.92 Å². The van der Waals surface area contributed by atoms with Gasteiger partial charge in [0.1, 0.15) is 11.9 Å². The molecule has 1 aliphatic carbocycles. The Bertz CT molecular complexity index is 784. The predicted molar refractivity (Wildman–Crippen MR) is 82.0 cm³/mol. The van der Waals surface area contributed by atoms with Crippen LogP contribution in [0.15, 0.2) is 42.5 Å². The number of anilines is 1. The zero-order valence-electron chi connectivity index (χ0n) is 11.5. The molecule has 0 aromatic heterocycles. The lowest BCUT2D eigenvalue weighted by Gasteiger charge is -2.06. The van der Waals surface area contributed by atoms with Crippen LogP contribution in [0.1, 0.15) is 23.5 Å². The molecule has 3 nitrogen and oxygen atoms in total. The van der Waals surface area contributed by atoms with E-state index in [9.17, 15) is 9.18 Å². The standard InChI is InChI=1S/C17H12ClFN2O/c18-15-7-11(6-5-10(15)9-20)21-17(22)14-8-13(14)12-3-1-2-4-16(12)19/h1-7,13-14H,8H2,(H,21,22). The Hall–Kier alpha value is -2.38. The van der Waals surface area contributed by atoms with Crippen molar-refractivity contribution < 1.29 is 9.18 Å². The van der Waals surface area contributed by atoms with E-state index < -0.39 is 0 Å². The summed E-state index contributed by atoms with van der Waals surface area (Å²) < 4.78 is 13.7. The smallest absolute Gasteiger partial charge is 0.228 e. The summed E-state index contributed by atoms with van der Waals surface area (Å²) in [5.74, 6) is -0.736. The van der Waals surface area contributed by atoms with Crippen molar-refractivity contribution in [1.82, 2.24) is 0 Å². The summed E-state index contributed by atoms with van der Waals surface area (Å²) in [7, 11) is 0. The second kappa shape index (κ2) is 5.78. The van der Waals surface area contributed by atoms with Crippen LogP contribution in [0.3, 0.4) is 0 Å². The van der Waals surface area contributed by atoms with E-state index in [0.717, 1.165) is 0 Å². The van der Waals surface area contributed by atoms with Crippen molar-refractivity contribution in [3.8, 4) is 6.07 Å². The summed E-state index contributed by atoms with van der Waals surface area (Å²) in [6.07, 6.45) is 0.636. The number of benzene rings is 2. The summed E-state index contributed by atoms with van der Waals surface area (Å²) in [6, 6.07) is 13.2. The van der Waals surface area contributed by atoms with Crippen LogP contribution in [-0.4, -0.2) is 5.91 Å². The summed E-state index contributed by atoms with van der Waals surface area (Å²) in [5, 5.41) is 11.9. The topological polar surface area (TPSA) is 52.9 Å². The highest BCUT2D eigenvalue weighted by molar-refractivity contribution is 6.32. The Morgan fingerprint density at radius 3 is 2.77 bits per heavy atom. The molecule has 1 fully saturated rings. The van der Waals surface area contributed by atoms with Gasteiger partial charge in [-0.25, -0.2) is 4.39 Å². The third-order valence-electron chi connectivity index (χ3n) is 3.79. The van der Waals surface area contributed by atoms with Crippen molar-refractivity contribution in [2.75, 3.05) is 5.32 Å². The molecular weight excluding hydrogens is 303 g/mol. The van der Waals surface area contributed by atoms with Gasteiger partial charge in [0, 0.05) is 11.6 Å². The Morgan fingerprint density at radius 1 is 1.32 bits per heavy atom. The molecule has 2 unspecified atom stereocenters. The largest absolute Gasteiger partial charge is 0.326 e. The van der Waals surface area contributed by atoms with Gasteiger partial charge in [-0.05, 0) is 42.2 Å². The average Bonchev–Trinajstić information content (AvgIpc) is 3.28. The summed E-state index contributed by atoms with van der Waals surface area (Å²) in [4.78, 5) is 12.2. The number of amides is 1. The minimum atomic E-state index is -0.274. The molecule has 3 rings (SSSR count). The van der Waals surface area contributed by atoms with Crippen LogP contribution in [0, 0.1) is 23.1 Å². The van der Waals surface area contributed by atoms with Crippen LogP contribution in [0.4, 0.5) is 10.1 Å². The van der Waals surface area contributed by atoms with Crippen LogP contribution in [0.5, 0.6) is 0 Å². The van der Waals surface area contributed by atoms with E-state index in [4.69, 9.17) is 16.9 Å². The maximum atomic E-state index is 13.7. The van der Waals surface area contributed by atoms with Crippen LogP contribution in [0.25, 0.3) is 0 Å². The number of nitrogens with zero attached hydrogens (tertiary/aromatic N) is 1. The number of halogens is 2. The second-order valence-electron chi connectivity index (χ2n) is 5.27. The molecule has 1 amide bonds. The maximum absolute atomic E-state index is 13.7. The summed E-state index contributed by atoms with van der Waals surface area (Å²) in [6.45, 7) is 0. The number of rotatable bonds is 3. The van der Waals surface area contributed by atoms with E-state index in [1.54, 1.807) is 36.4 Å². The van der Waals surface area contributed by atoms with E-state index in [2.05, 4.69) is 5.32 Å². The number of carbonyl (C=O) groups is 1. The highest BCUT2D eigenvalue weighted by atomic mass is 35.5. The molecule has 110 valence electrons. The number of nitriles is 1. The van der Waals surface area contributed by atoms with E-state index in [0.29, 0.717) is 28.3 Å². The van der Waals surface area contributed by atoms with Gasteiger partial charge in [-0.2, -0.15) is 5.26 Å². The van der Waals surface area contributed by atoms with Crippen LogP contribution in [0.2, 0.25) is 5.02 Å². The quantitative estimate of drug-likeness (QED) is 0.927. The first-order chi connectivity index (χ1) is 10.6. The summed E-state index contributed by atoms with van der Waals surface area (Å²) >= 11 is 5.93. The molecule has 2 aromatic carbocycles. The van der Waals surface area contributed by atoms with Gasteiger partial charge >= 0.3 is 0 Å². The first-order valence-corrected chi connectivity index (χ1v) is 7.23. The number of carbonyl (C=O) groups excluding carboxylic acids is 1. The molecule has 0 radical (unpaired) electrons. The molecule has 1 N–H and O–H groups in total. The molecule has 0 saturated heterocycles. The van der Waals surface area contributed by atoms with Crippen molar-refractivity contribution in [3.05, 3.63) is 64.4 Å². The first-order valence-electron chi connectivity index (χ1n) is 6.85. The fourth-order valence-corrected chi connectivity index (χ4v) is 2.75. The molecular formula is C17H12ClFN2O. The Labute approximate surface area is 132 Å². The van der Waals surface area contributed by atoms with E-state index >= 15 is 0 Å². The van der Waals surface area contributed by atoms with Crippen molar-refractivity contribution >= 4 is 23.2 Å². The molecule has 2 atom stereocenters. The van der Waals surface area contributed by atoms with Crippen molar-refractivity contribution in [3.63, 3.8) is 0 Å². The molecule has 5 heteroatoms. The van der Waals surface area contributed by atoms with Gasteiger partial charge in [0.15, 0.2) is 0 Å². The van der Waals surface area contributed by atoms with Crippen molar-refractivity contribution in [1.29, 1.82) is 5.26 Å². The zero-order chi connectivity index (χ0) is 15.7. The van der Waals surface area contributed by atoms with Crippen LogP contribution < -0.4 is 5.32 Å². The van der Waals surface area contributed by atoms with E-state index in [1.165, 1.54) is 6.07 Å². The molecule has 1 aliphatic rings. The monoisotopic (exact) mass is 314 g/mol. The van der Waals surface area contributed by atoms with Gasteiger partial charge in [-0.1, -0.05) is 29.8 Å². The zero-order valence-corrected chi connectivity index (χ0v) is 12.3. The number of nitrogens with one attached hydrogen (secondary N) is 1. The lowest BCUT2D eigenvalue weighted by atomic mass is 10.1. The highest BCUT2D eigenvalue weighted by Crippen LogP contribution is 2.48. The van der Waals surface area contributed by atoms with Gasteiger partial charge < -0.3 is 5.32 Å². The SMILES string of the molecule is N#Cc1ccc(NC(=O)C2CC2c2ccccc2F)cc1Cl. The molecule has 0 heterocycles. The Morgan fingerprint density at radius 2 is 2.09 bits per heavy atom. The highest BCUT2D eigenvalue weighted by Gasteiger charge is 2.45. The first kappa shape index (κ1) is 14.6. The molecule has 2 aromatic rings. The van der Waals surface area contributed by atoms with Gasteiger partial charge in [0.05, 0.1) is 10.6 Å². The fraction of sp³-hybridized carbons (Fsp3) is 0.176. The normalized spacial score (nSPS) is 19.3. The van der Waals surface area contributed by atoms with Crippen LogP contribution >= 0.6 is 11.6 Å². The lowest BCUT2D eigenvalue weighted by Crippen LogP contribution is -2.14. The van der Waals surface area contributed by atoms with E-state index in [-0.39, 0.29) is 23.6 Å².